The molecule has 0 atom stereocenters. The lowest BCUT2D eigenvalue weighted by Gasteiger charge is -2.12. The van der Waals surface area contributed by atoms with E-state index >= 15 is 0 Å². The average molecular weight is 455 g/mol. The minimum atomic E-state index is -0.538. The Hall–Kier alpha value is -3.42. The first kappa shape index (κ1) is 21.9. The lowest BCUT2D eigenvalue weighted by atomic mass is 10.1. The number of nitrogens with one attached hydrogen (secondary N) is 1. The number of amides is 1. The number of anilines is 1. The maximum atomic E-state index is 12.5. The molecule has 0 aliphatic rings. The van der Waals surface area contributed by atoms with Crippen LogP contribution in [0.15, 0.2) is 46.4 Å². The van der Waals surface area contributed by atoms with Crippen molar-refractivity contribution in [2.45, 2.75) is 6.92 Å². The molecule has 0 aliphatic heterocycles. The number of rotatable bonds is 8. The van der Waals surface area contributed by atoms with Gasteiger partial charge in [0.2, 0.25) is 0 Å². The first-order valence-electron chi connectivity index (χ1n) is 8.62. The van der Waals surface area contributed by atoms with Crippen LogP contribution < -0.4 is 19.5 Å². The van der Waals surface area contributed by atoms with Crippen molar-refractivity contribution in [1.82, 2.24) is 0 Å². The second kappa shape index (κ2) is 10.8. The normalized spacial score (nSPS) is 10.4. The molecular weight excluding hydrogens is 436 g/mol. The van der Waals surface area contributed by atoms with Gasteiger partial charge >= 0.3 is 0 Å². The molecule has 7 heteroatoms. The Balaban J connectivity index is 2.28. The van der Waals surface area contributed by atoms with Gasteiger partial charge in [0, 0.05) is 11.8 Å². The van der Waals surface area contributed by atoms with E-state index in [1.807, 2.05) is 13.0 Å². The molecule has 0 radical (unpaired) electrons. The van der Waals surface area contributed by atoms with Crippen molar-refractivity contribution in [3.05, 3.63) is 52.0 Å². The van der Waals surface area contributed by atoms with Crippen LogP contribution in [0.4, 0.5) is 5.69 Å². The van der Waals surface area contributed by atoms with Gasteiger partial charge < -0.3 is 19.5 Å². The van der Waals surface area contributed by atoms with Crippen molar-refractivity contribution in [3.63, 3.8) is 0 Å². The first-order chi connectivity index (χ1) is 14.0. The Morgan fingerprint density at radius 2 is 2.10 bits per heavy atom. The number of benzene rings is 2. The molecule has 29 heavy (non-hydrogen) atoms. The van der Waals surface area contributed by atoms with Crippen molar-refractivity contribution in [1.29, 1.82) is 5.26 Å². The highest BCUT2D eigenvalue weighted by atomic mass is 79.9. The molecule has 1 N–H and O–H groups in total. The zero-order chi connectivity index (χ0) is 21.2. The molecule has 1 amide bonds. The van der Waals surface area contributed by atoms with Crippen molar-refractivity contribution in [3.8, 4) is 35.7 Å². The summed E-state index contributed by atoms with van der Waals surface area (Å²) >= 11 is 3.39. The molecular formula is C22H19BrN2O4. The number of methoxy groups -OCH3 is 1. The van der Waals surface area contributed by atoms with E-state index in [9.17, 15) is 10.1 Å². The molecule has 0 saturated heterocycles. The van der Waals surface area contributed by atoms with Gasteiger partial charge in [0.25, 0.3) is 5.91 Å². The summed E-state index contributed by atoms with van der Waals surface area (Å²) in [6.45, 7) is 2.46. The summed E-state index contributed by atoms with van der Waals surface area (Å²) in [5.41, 5.74) is 1.04. The summed E-state index contributed by atoms with van der Waals surface area (Å²) in [6, 6.07) is 12.2. The van der Waals surface area contributed by atoms with Crippen molar-refractivity contribution < 1.29 is 19.0 Å². The lowest BCUT2D eigenvalue weighted by Crippen LogP contribution is -2.13. The second-order valence-electron chi connectivity index (χ2n) is 5.61. The lowest BCUT2D eigenvalue weighted by molar-refractivity contribution is -0.112. The van der Waals surface area contributed by atoms with Gasteiger partial charge in [-0.2, -0.15) is 5.26 Å². The molecule has 148 valence electrons. The molecule has 0 heterocycles. The Labute approximate surface area is 178 Å². The van der Waals surface area contributed by atoms with Crippen LogP contribution in [-0.4, -0.2) is 26.2 Å². The van der Waals surface area contributed by atoms with E-state index < -0.39 is 5.91 Å². The van der Waals surface area contributed by atoms with Gasteiger partial charge in [-0.25, -0.2) is 0 Å². The highest BCUT2D eigenvalue weighted by Crippen LogP contribution is 2.37. The van der Waals surface area contributed by atoms with Gasteiger partial charge in [-0.1, -0.05) is 12.0 Å². The first-order valence-corrected chi connectivity index (χ1v) is 9.41. The summed E-state index contributed by atoms with van der Waals surface area (Å²) < 4.78 is 16.8. The number of nitriles is 1. The fraction of sp³-hybridized carbons (Fsp3) is 0.182. The van der Waals surface area contributed by atoms with E-state index in [0.29, 0.717) is 39.6 Å². The van der Waals surface area contributed by atoms with Gasteiger partial charge in [-0.3, -0.25) is 4.79 Å². The van der Waals surface area contributed by atoms with Crippen LogP contribution in [0.1, 0.15) is 12.5 Å². The molecule has 0 saturated carbocycles. The number of hydrogen-bond donors (Lipinski definition) is 1. The molecule has 6 nitrogen and oxygen atoms in total. The predicted molar refractivity (Wildman–Crippen MR) is 115 cm³/mol. The molecule has 0 unspecified atom stereocenters. The van der Waals surface area contributed by atoms with Crippen LogP contribution >= 0.6 is 15.9 Å². The van der Waals surface area contributed by atoms with Crippen LogP contribution in [0.5, 0.6) is 17.2 Å². The molecule has 2 aromatic rings. The van der Waals surface area contributed by atoms with Gasteiger partial charge in [-0.15, -0.1) is 6.42 Å². The monoisotopic (exact) mass is 454 g/mol. The van der Waals surface area contributed by atoms with E-state index in [4.69, 9.17) is 20.6 Å². The summed E-state index contributed by atoms with van der Waals surface area (Å²) in [5, 5.41) is 12.1. The molecule has 2 aromatic carbocycles. The fourth-order valence-corrected chi connectivity index (χ4v) is 3.00. The zero-order valence-corrected chi connectivity index (χ0v) is 17.6. The van der Waals surface area contributed by atoms with Crippen molar-refractivity contribution >= 4 is 33.6 Å². The molecule has 2 rings (SSSR count). The number of carbonyl (C=O) groups excluding carboxylic acids is 1. The Morgan fingerprint density at radius 1 is 1.31 bits per heavy atom. The maximum absolute atomic E-state index is 12.5. The summed E-state index contributed by atoms with van der Waals surface area (Å²) in [5.74, 6) is 3.34. The quantitative estimate of drug-likeness (QED) is 0.362. The van der Waals surface area contributed by atoms with Crippen LogP contribution in [0.2, 0.25) is 0 Å². The highest BCUT2D eigenvalue weighted by Gasteiger charge is 2.14. The van der Waals surface area contributed by atoms with E-state index in [1.54, 1.807) is 36.4 Å². The third kappa shape index (κ3) is 6.03. The Kier molecular flexibility index (Phi) is 8.14. The van der Waals surface area contributed by atoms with E-state index in [-0.39, 0.29) is 12.2 Å². The van der Waals surface area contributed by atoms with E-state index in [0.717, 1.165) is 0 Å². The largest absolute Gasteiger partial charge is 0.494 e. The number of nitrogens with zero attached hydrogens (tertiary/aromatic N) is 1. The highest BCUT2D eigenvalue weighted by molar-refractivity contribution is 9.10. The van der Waals surface area contributed by atoms with E-state index in [2.05, 4.69) is 27.2 Å². The second-order valence-corrected chi connectivity index (χ2v) is 6.47. The minimum absolute atomic E-state index is 0.0712. The summed E-state index contributed by atoms with van der Waals surface area (Å²) in [7, 11) is 1.49. The van der Waals surface area contributed by atoms with Crippen LogP contribution in [0.25, 0.3) is 6.08 Å². The molecule has 0 aromatic heterocycles. The zero-order valence-electron chi connectivity index (χ0n) is 16.0. The molecule has 0 aliphatic carbocycles. The van der Waals surface area contributed by atoms with Crippen LogP contribution in [0, 0.1) is 23.7 Å². The number of ether oxygens (including phenoxy) is 3. The molecule has 0 bridgehead atoms. The average Bonchev–Trinajstić information content (AvgIpc) is 2.71. The Bertz CT molecular complexity index is 1000. The van der Waals surface area contributed by atoms with Crippen LogP contribution in [-0.2, 0) is 4.79 Å². The predicted octanol–water partition coefficient (Wildman–Crippen LogP) is 4.41. The van der Waals surface area contributed by atoms with Crippen molar-refractivity contribution in [2.75, 3.05) is 25.6 Å². The number of halogens is 1. The standard InChI is InChI=1S/C22H19BrN2O4/c1-4-9-29-21-19(23)11-15(12-20(21)27-3)10-16(14-24)22(26)25-17-7-6-8-18(13-17)28-5-2/h1,6-8,10-13H,5,9H2,2-3H3,(H,25,26)/b16-10-. The fourth-order valence-electron chi connectivity index (χ4n) is 2.42. The maximum Gasteiger partial charge on any atom is 0.266 e. The third-order valence-corrected chi connectivity index (χ3v) is 4.22. The van der Waals surface area contributed by atoms with Crippen molar-refractivity contribution in [2.24, 2.45) is 0 Å². The third-order valence-electron chi connectivity index (χ3n) is 3.63. The van der Waals surface area contributed by atoms with Crippen LogP contribution in [0.3, 0.4) is 0 Å². The summed E-state index contributed by atoms with van der Waals surface area (Å²) in [6.07, 6.45) is 6.68. The van der Waals surface area contributed by atoms with Gasteiger partial charge in [0.05, 0.1) is 18.2 Å². The Morgan fingerprint density at radius 3 is 2.76 bits per heavy atom. The SMILES string of the molecule is C#CCOc1c(Br)cc(/C=C(/C#N)C(=O)Nc2cccc(OCC)c2)cc1OC. The number of hydrogen-bond acceptors (Lipinski definition) is 5. The topological polar surface area (TPSA) is 80.6 Å². The number of terminal acetylenes is 1. The summed E-state index contributed by atoms with van der Waals surface area (Å²) in [4.78, 5) is 12.5. The smallest absolute Gasteiger partial charge is 0.266 e. The van der Waals surface area contributed by atoms with Gasteiger partial charge in [0.15, 0.2) is 11.5 Å². The number of carbonyl (C=O) groups is 1. The van der Waals surface area contributed by atoms with Gasteiger partial charge in [0.1, 0.15) is 24.0 Å². The van der Waals surface area contributed by atoms with E-state index in [1.165, 1.54) is 13.2 Å². The van der Waals surface area contributed by atoms with Gasteiger partial charge in [-0.05, 0) is 58.8 Å². The molecule has 0 spiro atoms. The minimum Gasteiger partial charge on any atom is -0.494 e. The molecule has 0 fully saturated rings.